The number of rotatable bonds is 7. The van der Waals surface area contributed by atoms with Gasteiger partial charge in [-0.2, -0.15) is 0 Å². The number of carbonyl (C=O) groups excluding carboxylic acids is 1. The zero-order chi connectivity index (χ0) is 15.8. The Morgan fingerprint density at radius 1 is 1.36 bits per heavy atom. The van der Waals surface area contributed by atoms with E-state index in [9.17, 15) is 4.79 Å². The van der Waals surface area contributed by atoms with Crippen LogP contribution in [-0.2, 0) is 17.8 Å². The molecular formula is C16H19ClN4O. The molecule has 0 unspecified atom stereocenters. The minimum absolute atomic E-state index is 0.00609. The summed E-state index contributed by atoms with van der Waals surface area (Å²) >= 11 is 5.93. The molecule has 0 aliphatic carbocycles. The average molecular weight is 319 g/mol. The van der Waals surface area contributed by atoms with Crippen molar-refractivity contribution >= 4 is 17.5 Å². The van der Waals surface area contributed by atoms with Crippen molar-refractivity contribution in [1.29, 1.82) is 0 Å². The lowest BCUT2D eigenvalue weighted by Gasteiger charge is -2.15. The molecule has 6 heteroatoms. The first-order chi connectivity index (χ1) is 10.6. The third-order valence-electron chi connectivity index (χ3n) is 3.09. The van der Waals surface area contributed by atoms with Gasteiger partial charge in [-0.3, -0.25) is 19.7 Å². The summed E-state index contributed by atoms with van der Waals surface area (Å²) in [7, 11) is 1.88. The monoisotopic (exact) mass is 318 g/mol. The van der Waals surface area contributed by atoms with Crippen LogP contribution in [0.4, 0.5) is 0 Å². The van der Waals surface area contributed by atoms with Crippen molar-refractivity contribution in [3.05, 3.63) is 59.1 Å². The van der Waals surface area contributed by atoms with Crippen molar-refractivity contribution in [3.63, 3.8) is 0 Å². The summed E-state index contributed by atoms with van der Waals surface area (Å²) in [5.74, 6) is -0.00609. The summed E-state index contributed by atoms with van der Waals surface area (Å²) in [6.07, 6.45) is 5.74. The van der Waals surface area contributed by atoms with Crippen molar-refractivity contribution in [3.8, 4) is 0 Å². The first-order valence-electron chi connectivity index (χ1n) is 7.08. The summed E-state index contributed by atoms with van der Waals surface area (Å²) in [5, 5.41) is 3.62. The molecule has 116 valence electrons. The first kappa shape index (κ1) is 16.4. The molecule has 0 aliphatic heterocycles. The highest BCUT2D eigenvalue weighted by Gasteiger charge is 2.07. The maximum atomic E-state index is 11.9. The largest absolute Gasteiger partial charge is 0.355 e. The number of hydrogen-bond acceptors (Lipinski definition) is 4. The molecule has 1 heterocycles. The Bertz CT molecular complexity index is 606. The summed E-state index contributed by atoms with van der Waals surface area (Å²) in [6.45, 7) is 1.51. The quantitative estimate of drug-likeness (QED) is 0.847. The maximum Gasteiger partial charge on any atom is 0.234 e. The zero-order valence-corrected chi connectivity index (χ0v) is 13.3. The lowest BCUT2D eigenvalue weighted by Crippen LogP contribution is -2.36. The second kappa shape index (κ2) is 8.46. The molecule has 1 aromatic heterocycles. The van der Waals surface area contributed by atoms with Crippen molar-refractivity contribution < 1.29 is 4.79 Å². The Kier molecular flexibility index (Phi) is 6.30. The number of amides is 1. The second-order valence-corrected chi connectivity index (χ2v) is 5.54. The Balaban J connectivity index is 1.69. The average Bonchev–Trinajstić information content (AvgIpc) is 2.48. The lowest BCUT2D eigenvalue weighted by atomic mass is 10.1. The van der Waals surface area contributed by atoms with E-state index in [-0.39, 0.29) is 5.91 Å². The topological polar surface area (TPSA) is 58.1 Å². The number of halogens is 1. The van der Waals surface area contributed by atoms with Gasteiger partial charge in [0.2, 0.25) is 5.91 Å². The van der Waals surface area contributed by atoms with E-state index in [2.05, 4.69) is 15.3 Å². The number of nitrogens with one attached hydrogen (secondary N) is 1. The van der Waals surface area contributed by atoms with Crippen LogP contribution in [0.1, 0.15) is 11.3 Å². The van der Waals surface area contributed by atoms with Crippen LogP contribution in [0.15, 0.2) is 42.9 Å². The molecular weight excluding hydrogens is 300 g/mol. The minimum atomic E-state index is -0.00609. The number of carbonyl (C=O) groups is 1. The van der Waals surface area contributed by atoms with E-state index in [0.717, 1.165) is 17.7 Å². The van der Waals surface area contributed by atoms with Crippen LogP contribution in [0.2, 0.25) is 5.02 Å². The van der Waals surface area contributed by atoms with Gasteiger partial charge in [0.1, 0.15) is 0 Å². The fraction of sp³-hybridized carbons (Fsp3) is 0.312. The SMILES string of the molecule is CN(CC(=O)NCCc1cccc(Cl)c1)Cc1cnccn1. The van der Waals surface area contributed by atoms with Gasteiger partial charge >= 0.3 is 0 Å². The van der Waals surface area contributed by atoms with E-state index in [0.29, 0.717) is 24.7 Å². The lowest BCUT2D eigenvalue weighted by molar-refractivity contribution is -0.122. The molecule has 22 heavy (non-hydrogen) atoms. The van der Waals surface area contributed by atoms with E-state index >= 15 is 0 Å². The van der Waals surface area contributed by atoms with E-state index in [4.69, 9.17) is 11.6 Å². The molecule has 0 atom stereocenters. The Labute approximate surface area is 135 Å². The minimum Gasteiger partial charge on any atom is -0.355 e. The third-order valence-corrected chi connectivity index (χ3v) is 3.32. The highest BCUT2D eigenvalue weighted by molar-refractivity contribution is 6.30. The molecule has 0 radical (unpaired) electrons. The van der Waals surface area contributed by atoms with E-state index in [1.165, 1.54) is 0 Å². The molecule has 0 saturated carbocycles. The van der Waals surface area contributed by atoms with Crippen molar-refractivity contribution in [2.45, 2.75) is 13.0 Å². The summed E-state index contributed by atoms with van der Waals surface area (Å²) in [6, 6.07) is 7.66. The van der Waals surface area contributed by atoms with Gasteiger partial charge in [-0.15, -0.1) is 0 Å². The fourth-order valence-corrected chi connectivity index (χ4v) is 2.30. The number of likely N-dealkylation sites (N-methyl/N-ethyl adjacent to an activating group) is 1. The molecule has 0 aliphatic rings. The molecule has 2 aromatic rings. The van der Waals surface area contributed by atoms with Crippen molar-refractivity contribution in [2.24, 2.45) is 0 Å². The smallest absolute Gasteiger partial charge is 0.234 e. The predicted octanol–water partition coefficient (Wildman–Crippen LogP) is 1.92. The Hall–Kier alpha value is -1.98. The molecule has 0 spiro atoms. The molecule has 1 N–H and O–H groups in total. The Morgan fingerprint density at radius 3 is 2.95 bits per heavy atom. The summed E-state index contributed by atoms with van der Waals surface area (Å²) < 4.78 is 0. The first-order valence-corrected chi connectivity index (χ1v) is 7.46. The van der Waals surface area contributed by atoms with Crippen LogP contribution in [0.5, 0.6) is 0 Å². The number of nitrogens with zero attached hydrogens (tertiary/aromatic N) is 3. The normalized spacial score (nSPS) is 10.7. The summed E-state index contributed by atoms with van der Waals surface area (Å²) in [4.78, 5) is 22.0. The second-order valence-electron chi connectivity index (χ2n) is 5.10. The predicted molar refractivity (Wildman–Crippen MR) is 86.5 cm³/mol. The highest BCUT2D eigenvalue weighted by Crippen LogP contribution is 2.10. The molecule has 0 fully saturated rings. The maximum absolute atomic E-state index is 11.9. The van der Waals surface area contributed by atoms with Crippen LogP contribution in [0, 0.1) is 0 Å². The van der Waals surface area contributed by atoms with Crippen LogP contribution in [0.3, 0.4) is 0 Å². The standard InChI is InChI=1S/C16H19ClN4O/c1-21(11-15-10-18-7-8-19-15)12-16(22)20-6-5-13-3-2-4-14(17)9-13/h2-4,7-10H,5-6,11-12H2,1H3,(H,20,22). The van der Waals surface area contributed by atoms with Crippen LogP contribution in [0.25, 0.3) is 0 Å². The van der Waals surface area contributed by atoms with Crippen molar-refractivity contribution in [1.82, 2.24) is 20.2 Å². The zero-order valence-electron chi connectivity index (χ0n) is 12.5. The van der Waals surface area contributed by atoms with Crippen LogP contribution >= 0.6 is 11.6 Å². The molecule has 0 saturated heterocycles. The molecule has 2 rings (SSSR count). The van der Waals surface area contributed by atoms with Crippen molar-refractivity contribution in [2.75, 3.05) is 20.1 Å². The van der Waals surface area contributed by atoms with Crippen LogP contribution in [-0.4, -0.2) is 40.9 Å². The number of aromatic nitrogens is 2. The van der Waals surface area contributed by atoms with Gasteiger partial charge in [0.15, 0.2) is 0 Å². The van der Waals surface area contributed by atoms with Gasteiger partial charge in [0.25, 0.3) is 0 Å². The number of hydrogen-bond donors (Lipinski definition) is 1. The van der Waals surface area contributed by atoms with E-state index < -0.39 is 0 Å². The van der Waals surface area contributed by atoms with Gasteiger partial charge in [0.05, 0.1) is 12.2 Å². The van der Waals surface area contributed by atoms with E-state index in [1.807, 2.05) is 36.2 Å². The van der Waals surface area contributed by atoms with E-state index in [1.54, 1.807) is 18.6 Å². The van der Waals surface area contributed by atoms with Gasteiger partial charge in [0, 0.05) is 36.7 Å². The molecule has 5 nitrogen and oxygen atoms in total. The molecule has 1 amide bonds. The molecule has 1 aromatic carbocycles. The summed E-state index contributed by atoms with van der Waals surface area (Å²) in [5.41, 5.74) is 1.96. The van der Waals surface area contributed by atoms with Gasteiger partial charge in [-0.25, -0.2) is 0 Å². The van der Waals surface area contributed by atoms with Crippen LogP contribution < -0.4 is 5.32 Å². The highest BCUT2D eigenvalue weighted by atomic mass is 35.5. The van der Waals surface area contributed by atoms with Gasteiger partial charge in [-0.05, 0) is 31.2 Å². The fourth-order valence-electron chi connectivity index (χ4n) is 2.08. The third kappa shape index (κ3) is 5.79. The molecule has 0 bridgehead atoms. The van der Waals surface area contributed by atoms with Gasteiger partial charge < -0.3 is 5.32 Å². The number of benzene rings is 1. The van der Waals surface area contributed by atoms with Gasteiger partial charge in [-0.1, -0.05) is 23.7 Å². The Morgan fingerprint density at radius 2 is 2.23 bits per heavy atom.